The number of aryl methyl sites for hydroxylation is 1. The second-order valence-corrected chi connectivity index (χ2v) is 7.88. The van der Waals surface area contributed by atoms with E-state index in [1.807, 2.05) is 18.2 Å². The van der Waals surface area contributed by atoms with Crippen LogP contribution in [0.25, 0.3) is 0 Å². The Morgan fingerprint density at radius 2 is 2.08 bits per heavy atom. The van der Waals surface area contributed by atoms with E-state index in [2.05, 4.69) is 20.8 Å². The fourth-order valence-corrected chi connectivity index (χ4v) is 4.35. The Kier molecular flexibility index (Phi) is 4.81. The summed E-state index contributed by atoms with van der Waals surface area (Å²) >= 11 is 0. The van der Waals surface area contributed by atoms with Gasteiger partial charge in [-0.25, -0.2) is 4.79 Å². The normalized spacial score (nSPS) is 23.9. The molecule has 0 spiro atoms. The van der Waals surface area contributed by atoms with Gasteiger partial charge in [0.25, 0.3) is 0 Å². The Bertz CT molecular complexity index is 702. The number of carbonyl (C=O) groups is 1. The molecule has 136 valence electrons. The number of allylic oxidation sites excluding steroid dienone is 1. The third kappa shape index (κ3) is 3.39. The van der Waals surface area contributed by atoms with E-state index in [4.69, 9.17) is 4.74 Å². The van der Waals surface area contributed by atoms with Gasteiger partial charge in [0.2, 0.25) is 0 Å². The van der Waals surface area contributed by atoms with Crippen LogP contribution in [0.2, 0.25) is 0 Å². The second kappa shape index (κ2) is 6.74. The highest BCUT2D eigenvalue weighted by Gasteiger charge is 2.46. The van der Waals surface area contributed by atoms with E-state index in [0.29, 0.717) is 18.4 Å². The Hall–Kier alpha value is -1.97. The molecule has 4 nitrogen and oxygen atoms in total. The van der Waals surface area contributed by atoms with Crippen LogP contribution in [0.1, 0.15) is 69.9 Å². The molecule has 4 heteroatoms. The topological polar surface area (TPSA) is 66.8 Å². The molecule has 0 bridgehead atoms. The molecule has 0 saturated carbocycles. The molecule has 2 atom stereocenters. The van der Waals surface area contributed by atoms with Gasteiger partial charge in [0.15, 0.2) is 0 Å². The lowest BCUT2D eigenvalue weighted by atomic mass is 9.67. The number of carboxylic acids is 1. The predicted octanol–water partition coefficient (Wildman–Crippen LogP) is 4.80. The summed E-state index contributed by atoms with van der Waals surface area (Å²) in [5.41, 5.74) is 1.93. The lowest BCUT2D eigenvalue weighted by Crippen LogP contribution is -2.45. The molecule has 1 heterocycles. The number of aliphatic carboxylic acids is 1. The largest absolute Gasteiger partial charge is 0.508 e. The Morgan fingerprint density at radius 3 is 2.76 bits per heavy atom. The monoisotopic (exact) mass is 344 g/mol. The number of benzene rings is 1. The van der Waals surface area contributed by atoms with Gasteiger partial charge < -0.3 is 14.9 Å². The molecule has 0 radical (unpaired) electrons. The molecule has 0 aromatic heterocycles. The predicted molar refractivity (Wildman–Crippen MR) is 97.2 cm³/mol. The van der Waals surface area contributed by atoms with E-state index >= 15 is 0 Å². The number of phenols is 1. The Balaban J connectivity index is 1.97. The Morgan fingerprint density at radius 1 is 1.32 bits per heavy atom. The summed E-state index contributed by atoms with van der Waals surface area (Å²) in [7, 11) is 0. The highest BCUT2D eigenvalue weighted by molar-refractivity contribution is 5.87. The van der Waals surface area contributed by atoms with Crippen molar-refractivity contribution >= 4 is 5.97 Å². The first-order valence-corrected chi connectivity index (χ1v) is 9.30. The van der Waals surface area contributed by atoms with E-state index in [1.165, 1.54) is 6.42 Å². The molecule has 2 aliphatic rings. The summed E-state index contributed by atoms with van der Waals surface area (Å²) in [4.78, 5) is 11.4. The molecule has 1 aromatic rings. The van der Waals surface area contributed by atoms with Crippen molar-refractivity contribution < 1.29 is 19.7 Å². The van der Waals surface area contributed by atoms with Gasteiger partial charge in [0, 0.05) is 23.0 Å². The number of aromatic hydroxyl groups is 1. The Labute approximate surface area is 149 Å². The third-order valence-corrected chi connectivity index (χ3v) is 5.70. The van der Waals surface area contributed by atoms with Crippen molar-refractivity contribution in [2.75, 3.05) is 0 Å². The fourth-order valence-electron chi connectivity index (χ4n) is 4.35. The van der Waals surface area contributed by atoms with Crippen molar-refractivity contribution in [1.29, 1.82) is 0 Å². The van der Waals surface area contributed by atoms with Crippen molar-refractivity contribution in [1.82, 2.24) is 0 Å². The average Bonchev–Trinajstić information content (AvgIpc) is 2.53. The summed E-state index contributed by atoms with van der Waals surface area (Å²) < 4.78 is 6.28. The van der Waals surface area contributed by atoms with E-state index < -0.39 is 5.97 Å². The summed E-state index contributed by atoms with van der Waals surface area (Å²) in [6, 6.07) is 3.88. The van der Waals surface area contributed by atoms with Gasteiger partial charge in [-0.3, -0.25) is 0 Å². The summed E-state index contributed by atoms with van der Waals surface area (Å²) in [6.07, 6.45) is 7.27. The van der Waals surface area contributed by atoms with E-state index in [-0.39, 0.29) is 23.2 Å². The fraction of sp³-hybridized carbons (Fsp3) is 0.571. The molecule has 3 rings (SSSR count). The minimum Gasteiger partial charge on any atom is -0.508 e. The molecular weight excluding hydrogens is 316 g/mol. The quantitative estimate of drug-likeness (QED) is 0.753. The first-order chi connectivity index (χ1) is 11.8. The van der Waals surface area contributed by atoms with Crippen molar-refractivity contribution in [2.24, 2.45) is 5.92 Å². The summed E-state index contributed by atoms with van der Waals surface area (Å²) in [6.45, 7) is 6.30. The van der Waals surface area contributed by atoms with E-state index in [0.717, 1.165) is 36.1 Å². The van der Waals surface area contributed by atoms with E-state index in [1.54, 1.807) is 0 Å². The van der Waals surface area contributed by atoms with Crippen LogP contribution in [0.15, 0.2) is 23.8 Å². The molecule has 1 aromatic carbocycles. The zero-order valence-corrected chi connectivity index (χ0v) is 15.3. The number of unbranched alkanes of at least 4 members (excludes halogenated alkanes) is 2. The van der Waals surface area contributed by atoms with Crippen LogP contribution >= 0.6 is 0 Å². The van der Waals surface area contributed by atoms with Gasteiger partial charge in [-0.2, -0.15) is 0 Å². The maximum atomic E-state index is 11.4. The molecule has 2 N–H and O–H groups in total. The highest BCUT2D eigenvalue weighted by Crippen LogP contribution is 2.54. The van der Waals surface area contributed by atoms with Crippen molar-refractivity contribution in [3.63, 3.8) is 0 Å². The van der Waals surface area contributed by atoms with Gasteiger partial charge in [-0.15, -0.1) is 0 Å². The average molecular weight is 344 g/mol. The molecule has 25 heavy (non-hydrogen) atoms. The van der Waals surface area contributed by atoms with Crippen LogP contribution < -0.4 is 4.74 Å². The standard InChI is InChI=1S/C21H28O4/c1-4-5-6-7-13-10-17(22)19-15-12-14(20(23)24)8-9-16(15)21(2,3)25-18(19)11-13/h8,10-11,15-16,22H,4-7,9,12H2,1-3H3,(H,23,24)/t15?,16-/m1/s1. The molecule has 0 amide bonds. The van der Waals surface area contributed by atoms with Gasteiger partial charge in [-0.05, 0) is 57.2 Å². The number of hydrogen-bond acceptors (Lipinski definition) is 3. The number of phenolic OH excluding ortho intramolecular Hbond substituents is 1. The zero-order valence-electron chi connectivity index (χ0n) is 15.3. The number of fused-ring (bicyclic) bond motifs is 3. The minimum atomic E-state index is -0.861. The van der Waals surface area contributed by atoms with Crippen LogP contribution in [0.5, 0.6) is 11.5 Å². The lowest BCUT2D eigenvalue weighted by Gasteiger charge is -2.46. The smallest absolute Gasteiger partial charge is 0.331 e. The minimum absolute atomic E-state index is 0.0143. The van der Waals surface area contributed by atoms with E-state index in [9.17, 15) is 15.0 Å². The molecular formula is C21H28O4. The van der Waals surface area contributed by atoms with Crippen molar-refractivity contribution in [2.45, 2.75) is 70.8 Å². The van der Waals surface area contributed by atoms with Crippen molar-refractivity contribution in [3.05, 3.63) is 34.9 Å². The lowest BCUT2D eigenvalue weighted by molar-refractivity contribution is -0.133. The van der Waals surface area contributed by atoms with Gasteiger partial charge in [0.05, 0.1) is 0 Å². The van der Waals surface area contributed by atoms with Crippen LogP contribution in [-0.4, -0.2) is 21.8 Å². The van der Waals surface area contributed by atoms with Crippen LogP contribution in [-0.2, 0) is 11.2 Å². The van der Waals surface area contributed by atoms with Crippen LogP contribution in [0.3, 0.4) is 0 Å². The second-order valence-electron chi connectivity index (χ2n) is 7.88. The first kappa shape index (κ1) is 17.8. The summed E-state index contributed by atoms with van der Waals surface area (Å²) in [5, 5.41) is 20.1. The molecule has 1 unspecified atom stereocenters. The molecule has 1 aliphatic heterocycles. The maximum Gasteiger partial charge on any atom is 0.331 e. The molecule has 1 aliphatic carbocycles. The first-order valence-electron chi connectivity index (χ1n) is 9.30. The molecule has 0 saturated heterocycles. The van der Waals surface area contributed by atoms with Gasteiger partial charge in [0.1, 0.15) is 17.1 Å². The van der Waals surface area contributed by atoms with Crippen LogP contribution in [0.4, 0.5) is 0 Å². The summed E-state index contributed by atoms with van der Waals surface area (Å²) in [5.74, 6) is 0.269. The maximum absolute atomic E-state index is 11.4. The SMILES string of the molecule is CCCCCc1cc(O)c2c(c1)OC(C)(C)[C@@H]1CC=C(C(=O)O)CC21. The highest BCUT2D eigenvalue weighted by atomic mass is 16.5. The third-order valence-electron chi connectivity index (χ3n) is 5.70. The molecule has 0 fully saturated rings. The van der Waals surface area contributed by atoms with Crippen LogP contribution in [0, 0.1) is 5.92 Å². The van der Waals surface area contributed by atoms with Gasteiger partial charge in [-0.1, -0.05) is 25.8 Å². The van der Waals surface area contributed by atoms with Gasteiger partial charge >= 0.3 is 5.97 Å². The number of carboxylic acid groups (broad SMARTS) is 1. The van der Waals surface area contributed by atoms with Crippen molar-refractivity contribution in [3.8, 4) is 11.5 Å². The number of hydrogen-bond donors (Lipinski definition) is 2. The number of rotatable bonds is 5. The zero-order chi connectivity index (χ0) is 18.2. The number of ether oxygens (including phenoxy) is 1.